The minimum absolute atomic E-state index is 0.224. The van der Waals surface area contributed by atoms with Gasteiger partial charge in [-0.1, -0.05) is 23.2 Å². The molecule has 96 valence electrons. The molecule has 1 heterocycles. The smallest absolute Gasteiger partial charge is 0.128 e. The molecule has 1 nitrogen and oxygen atoms in total. The number of rotatable bonds is 2. The molecule has 0 aliphatic rings. The summed E-state index contributed by atoms with van der Waals surface area (Å²) in [5, 5.41) is 1.73. The summed E-state index contributed by atoms with van der Waals surface area (Å²) >= 11 is 5.92. The molecule has 3 heteroatoms. The van der Waals surface area contributed by atoms with E-state index in [9.17, 15) is 4.39 Å². The number of hydrogen-bond acceptors (Lipinski definition) is 0. The summed E-state index contributed by atoms with van der Waals surface area (Å²) < 4.78 is 15.8. The number of hydrogen-bond donors (Lipinski definition) is 0. The normalized spacial score (nSPS) is 11.1. The summed E-state index contributed by atoms with van der Waals surface area (Å²) in [6.07, 6.45) is 1.98. The van der Waals surface area contributed by atoms with Crippen molar-refractivity contribution in [2.45, 2.75) is 13.5 Å². The van der Waals surface area contributed by atoms with E-state index in [2.05, 4.69) is 25.1 Å². The summed E-state index contributed by atoms with van der Waals surface area (Å²) in [5.41, 5.74) is 2.93. The average molecular weight is 274 g/mol. The fraction of sp³-hybridized carbons (Fsp3) is 0.125. The fourth-order valence-electron chi connectivity index (χ4n) is 2.31. The predicted octanol–water partition coefficient (Wildman–Crippen LogP) is 4.79. The zero-order chi connectivity index (χ0) is 13.4. The van der Waals surface area contributed by atoms with Crippen molar-refractivity contribution in [3.05, 3.63) is 70.6 Å². The van der Waals surface area contributed by atoms with Crippen LogP contribution >= 0.6 is 11.6 Å². The number of fused-ring (bicyclic) bond motifs is 1. The van der Waals surface area contributed by atoms with Crippen LogP contribution in [0, 0.1) is 12.7 Å². The highest BCUT2D eigenvalue weighted by atomic mass is 35.5. The Morgan fingerprint density at radius 2 is 1.95 bits per heavy atom. The van der Waals surface area contributed by atoms with Crippen LogP contribution in [0.25, 0.3) is 10.9 Å². The summed E-state index contributed by atoms with van der Waals surface area (Å²) in [6.45, 7) is 2.55. The first-order valence-corrected chi connectivity index (χ1v) is 6.51. The second-order valence-electron chi connectivity index (χ2n) is 4.74. The van der Waals surface area contributed by atoms with Crippen LogP contribution in [0.3, 0.4) is 0 Å². The van der Waals surface area contributed by atoms with Crippen LogP contribution in [0.1, 0.15) is 11.1 Å². The molecule has 0 spiro atoms. The third-order valence-corrected chi connectivity index (χ3v) is 3.51. The van der Waals surface area contributed by atoms with Crippen molar-refractivity contribution < 1.29 is 4.39 Å². The average Bonchev–Trinajstić information content (AvgIpc) is 2.76. The lowest BCUT2D eigenvalue weighted by Crippen LogP contribution is -2.00. The highest BCUT2D eigenvalue weighted by Crippen LogP contribution is 2.21. The van der Waals surface area contributed by atoms with Gasteiger partial charge in [0.1, 0.15) is 5.82 Å². The molecule has 0 saturated carbocycles. The molecule has 0 unspecified atom stereocenters. The van der Waals surface area contributed by atoms with Gasteiger partial charge in [-0.05, 0) is 48.7 Å². The van der Waals surface area contributed by atoms with Gasteiger partial charge in [-0.2, -0.15) is 0 Å². The number of aryl methyl sites for hydroxylation is 1. The third kappa shape index (κ3) is 2.36. The van der Waals surface area contributed by atoms with Gasteiger partial charge in [-0.15, -0.1) is 0 Å². The zero-order valence-corrected chi connectivity index (χ0v) is 11.3. The first-order valence-electron chi connectivity index (χ1n) is 6.13. The third-order valence-electron chi connectivity index (χ3n) is 3.27. The topological polar surface area (TPSA) is 4.93 Å². The minimum atomic E-state index is -0.224. The van der Waals surface area contributed by atoms with Crippen molar-refractivity contribution in [3.8, 4) is 0 Å². The van der Waals surface area contributed by atoms with Crippen molar-refractivity contribution in [1.29, 1.82) is 0 Å². The lowest BCUT2D eigenvalue weighted by Gasteiger charge is -2.07. The second kappa shape index (κ2) is 4.71. The molecule has 1 aromatic heterocycles. The zero-order valence-electron chi connectivity index (χ0n) is 10.5. The molecule has 0 aliphatic heterocycles. The Kier molecular flexibility index (Phi) is 3.03. The molecule has 0 bridgehead atoms. The fourth-order valence-corrected chi connectivity index (χ4v) is 2.50. The Labute approximate surface area is 116 Å². The molecule has 0 radical (unpaired) electrons. The van der Waals surface area contributed by atoms with Gasteiger partial charge >= 0.3 is 0 Å². The predicted molar refractivity (Wildman–Crippen MR) is 77.2 cm³/mol. The molecular formula is C16H13ClFN. The van der Waals surface area contributed by atoms with Gasteiger partial charge < -0.3 is 4.57 Å². The van der Waals surface area contributed by atoms with E-state index in [0.29, 0.717) is 17.1 Å². The Hall–Kier alpha value is -1.80. The molecule has 19 heavy (non-hydrogen) atoms. The first-order chi connectivity index (χ1) is 9.13. The number of aromatic nitrogens is 1. The van der Waals surface area contributed by atoms with Crippen LogP contribution in [0.4, 0.5) is 4.39 Å². The molecule has 0 atom stereocenters. The molecule has 2 aromatic carbocycles. The maximum Gasteiger partial charge on any atom is 0.128 e. The molecule has 0 aliphatic carbocycles. The van der Waals surface area contributed by atoms with Crippen LogP contribution in [0.5, 0.6) is 0 Å². The molecule has 3 aromatic rings. The van der Waals surface area contributed by atoms with E-state index < -0.39 is 0 Å². The van der Waals surface area contributed by atoms with E-state index in [-0.39, 0.29) is 5.82 Å². The van der Waals surface area contributed by atoms with Crippen LogP contribution < -0.4 is 0 Å². The summed E-state index contributed by atoms with van der Waals surface area (Å²) in [4.78, 5) is 0. The summed E-state index contributed by atoms with van der Waals surface area (Å²) in [6, 6.07) is 13.0. The Bertz CT molecular complexity index is 746. The summed E-state index contributed by atoms with van der Waals surface area (Å²) in [7, 11) is 0. The van der Waals surface area contributed by atoms with Gasteiger partial charge in [0.15, 0.2) is 0 Å². The number of benzene rings is 2. The largest absolute Gasteiger partial charge is 0.343 e. The van der Waals surface area contributed by atoms with Crippen molar-refractivity contribution in [1.82, 2.24) is 4.57 Å². The first kappa shape index (κ1) is 12.2. The van der Waals surface area contributed by atoms with E-state index in [1.165, 1.54) is 17.0 Å². The van der Waals surface area contributed by atoms with Gasteiger partial charge in [0.2, 0.25) is 0 Å². The molecular weight excluding hydrogens is 261 g/mol. The van der Waals surface area contributed by atoms with Crippen molar-refractivity contribution >= 4 is 22.5 Å². The standard InChI is InChI=1S/C16H13ClFN/c1-11-2-5-16-12(8-11)6-7-19(16)10-13-9-14(17)3-4-15(13)18/h2-9H,10H2,1H3. The second-order valence-corrected chi connectivity index (χ2v) is 5.18. The van der Waals surface area contributed by atoms with Crippen LogP contribution in [0.2, 0.25) is 5.02 Å². The van der Waals surface area contributed by atoms with E-state index in [4.69, 9.17) is 11.6 Å². The quantitative estimate of drug-likeness (QED) is 0.633. The Morgan fingerprint density at radius 1 is 1.11 bits per heavy atom. The van der Waals surface area contributed by atoms with Crippen molar-refractivity contribution in [2.24, 2.45) is 0 Å². The highest BCUT2D eigenvalue weighted by molar-refractivity contribution is 6.30. The molecule has 0 amide bonds. The van der Waals surface area contributed by atoms with Crippen molar-refractivity contribution in [2.75, 3.05) is 0 Å². The monoisotopic (exact) mass is 273 g/mol. The summed E-state index contributed by atoms with van der Waals surface area (Å²) in [5.74, 6) is -0.224. The molecule has 0 N–H and O–H groups in total. The molecule has 0 saturated heterocycles. The van der Waals surface area contributed by atoms with E-state index in [0.717, 1.165) is 5.52 Å². The molecule has 3 rings (SSSR count). The van der Waals surface area contributed by atoms with Crippen LogP contribution in [-0.4, -0.2) is 4.57 Å². The lowest BCUT2D eigenvalue weighted by atomic mass is 10.2. The van der Waals surface area contributed by atoms with Gasteiger partial charge in [-0.3, -0.25) is 0 Å². The van der Waals surface area contributed by atoms with Gasteiger partial charge in [-0.25, -0.2) is 4.39 Å². The van der Waals surface area contributed by atoms with Crippen LogP contribution in [0.15, 0.2) is 48.7 Å². The lowest BCUT2D eigenvalue weighted by molar-refractivity contribution is 0.602. The minimum Gasteiger partial charge on any atom is -0.343 e. The molecule has 0 fully saturated rings. The SMILES string of the molecule is Cc1ccc2c(ccn2Cc2cc(Cl)ccc2F)c1. The van der Waals surface area contributed by atoms with Gasteiger partial charge in [0, 0.05) is 22.3 Å². The highest BCUT2D eigenvalue weighted by Gasteiger charge is 2.06. The Morgan fingerprint density at radius 3 is 2.79 bits per heavy atom. The van der Waals surface area contributed by atoms with Gasteiger partial charge in [0.05, 0.1) is 6.54 Å². The number of halogens is 2. The Balaban J connectivity index is 2.03. The van der Waals surface area contributed by atoms with Crippen molar-refractivity contribution in [3.63, 3.8) is 0 Å². The van der Waals surface area contributed by atoms with Gasteiger partial charge in [0.25, 0.3) is 0 Å². The maximum absolute atomic E-state index is 13.8. The van der Waals surface area contributed by atoms with E-state index in [1.807, 2.05) is 16.8 Å². The number of nitrogens with zero attached hydrogens (tertiary/aromatic N) is 1. The van der Waals surface area contributed by atoms with E-state index >= 15 is 0 Å². The van der Waals surface area contributed by atoms with E-state index in [1.54, 1.807) is 12.1 Å². The van der Waals surface area contributed by atoms with Crippen LogP contribution in [-0.2, 0) is 6.54 Å². The maximum atomic E-state index is 13.8.